The third-order valence-electron chi connectivity index (χ3n) is 6.61. The molecule has 0 radical (unpaired) electrons. The lowest BCUT2D eigenvalue weighted by Gasteiger charge is -2.24. The second-order valence-corrected chi connectivity index (χ2v) is 9.16. The van der Waals surface area contributed by atoms with Gasteiger partial charge in [-0.05, 0) is 42.5 Å². The summed E-state index contributed by atoms with van der Waals surface area (Å²) < 4.78 is 16.6. The van der Waals surface area contributed by atoms with Crippen LogP contribution in [0, 0.1) is 17.8 Å². The van der Waals surface area contributed by atoms with Gasteiger partial charge in [0.05, 0.1) is 29.3 Å². The van der Waals surface area contributed by atoms with Gasteiger partial charge in [-0.25, -0.2) is 4.98 Å². The fourth-order valence-corrected chi connectivity index (χ4v) is 4.73. The van der Waals surface area contributed by atoms with Gasteiger partial charge in [-0.3, -0.25) is 14.3 Å². The van der Waals surface area contributed by atoms with E-state index in [0.717, 1.165) is 16.8 Å². The maximum Gasteiger partial charge on any atom is 0.307 e. The van der Waals surface area contributed by atoms with Crippen LogP contribution >= 0.6 is 0 Å². The van der Waals surface area contributed by atoms with Crippen LogP contribution < -0.4 is 5.32 Å². The van der Waals surface area contributed by atoms with Gasteiger partial charge in [-0.2, -0.15) is 9.49 Å². The van der Waals surface area contributed by atoms with Crippen molar-refractivity contribution in [1.29, 1.82) is 0 Å². The Hall–Kier alpha value is -3.55. The van der Waals surface area contributed by atoms with Crippen molar-refractivity contribution in [3.8, 4) is 11.3 Å². The first-order chi connectivity index (χ1) is 16.3. The van der Waals surface area contributed by atoms with Crippen LogP contribution in [0.25, 0.3) is 11.3 Å². The number of rotatable bonds is 7. The molecule has 0 unspecified atom stereocenters. The van der Waals surface area contributed by atoms with E-state index in [0.29, 0.717) is 30.5 Å². The molecule has 2 heterocycles. The van der Waals surface area contributed by atoms with E-state index in [1.54, 1.807) is 23.0 Å². The first kappa shape index (κ1) is 23.6. The topological polar surface area (TPSA) is 97.1 Å². The number of carbonyl (C=O) groups is 2. The fourth-order valence-electron chi connectivity index (χ4n) is 4.73. The van der Waals surface area contributed by atoms with Gasteiger partial charge in [0.1, 0.15) is 0 Å². The number of halogens is 1. The van der Waals surface area contributed by atoms with Crippen LogP contribution in [0.15, 0.2) is 48.7 Å². The molecular formula is C26H29FN4O3. The van der Waals surface area contributed by atoms with E-state index < -0.39 is 29.8 Å². The summed E-state index contributed by atoms with van der Waals surface area (Å²) in [5.74, 6) is -3.25. The zero-order valence-corrected chi connectivity index (χ0v) is 19.5. The third-order valence-corrected chi connectivity index (χ3v) is 6.61. The maximum absolute atomic E-state index is 14.8. The number of aliphatic carboxylic acids is 1. The van der Waals surface area contributed by atoms with E-state index in [2.05, 4.69) is 15.4 Å². The SMILES string of the molecule is CC(C)c1ccc([C@@H](NC(=O)[C@@H]2CCC[C@@H]2C(=O)O)c2cccc(-c3ccnn3C)c2)nc1F. The summed E-state index contributed by atoms with van der Waals surface area (Å²) in [4.78, 5) is 29.1. The van der Waals surface area contributed by atoms with Crippen molar-refractivity contribution in [3.63, 3.8) is 0 Å². The number of aromatic nitrogens is 3. The minimum absolute atomic E-state index is 0.0300. The molecule has 3 aromatic rings. The lowest BCUT2D eigenvalue weighted by atomic mass is 9.93. The van der Waals surface area contributed by atoms with Gasteiger partial charge in [0.15, 0.2) is 0 Å². The average molecular weight is 465 g/mol. The van der Waals surface area contributed by atoms with Crippen LogP contribution in [-0.2, 0) is 16.6 Å². The van der Waals surface area contributed by atoms with Crippen LogP contribution in [0.3, 0.4) is 0 Å². The molecule has 178 valence electrons. The minimum Gasteiger partial charge on any atom is -0.481 e. The molecule has 7 nitrogen and oxygen atoms in total. The smallest absolute Gasteiger partial charge is 0.307 e. The summed E-state index contributed by atoms with van der Waals surface area (Å²) in [5.41, 5.74) is 3.37. The maximum atomic E-state index is 14.8. The van der Waals surface area contributed by atoms with Gasteiger partial charge in [0.25, 0.3) is 0 Å². The number of carbonyl (C=O) groups excluding carboxylic acids is 1. The predicted molar refractivity (Wildman–Crippen MR) is 125 cm³/mol. The van der Waals surface area contributed by atoms with Crippen LogP contribution in [0.5, 0.6) is 0 Å². The number of nitrogens with zero attached hydrogens (tertiary/aromatic N) is 3. The Morgan fingerprint density at radius 3 is 2.56 bits per heavy atom. The Kier molecular flexibility index (Phi) is 6.77. The van der Waals surface area contributed by atoms with Crippen molar-refractivity contribution in [2.45, 2.75) is 45.1 Å². The number of nitrogens with one attached hydrogen (secondary N) is 1. The van der Waals surface area contributed by atoms with Crippen LogP contribution in [0.1, 0.15) is 61.9 Å². The molecule has 1 aromatic carbocycles. The number of pyridine rings is 1. The zero-order chi connectivity index (χ0) is 24.4. The molecule has 2 N–H and O–H groups in total. The van der Waals surface area contributed by atoms with Gasteiger partial charge in [-0.1, -0.05) is 44.5 Å². The summed E-state index contributed by atoms with van der Waals surface area (Å²) in [5, 5.41) is 16.7. The standard InChI is InChI=1S/C26H29FN4O3/c1-15(2)18-10-11-21(29-24(18)27)23(30-25(32)19-8-5-9-20(19)26(33)34)17-7-4-6-16(14-17)22-12-13-28-31(22)3/h4,6-7,10-15,19-20,23H,5,8-9H2,1-3H3,(H,30,32)(H,33,34)/t19-,20+,23+/m1/s1. The summed E-state index contributed by atoms with van der Waals surface area (Å²) in [7, 11) is 1.84. The summed E-state index contributed by atoms with van der Waals surface area (Å²) in [6.07, 6.45) is 3.38. The van der Waals surface area contributed by atoms with Crippen LogP contribution in [0.2, 0.25) is 0 Å². The molecular weight excluding hydrogens is 435 g/mol. The van der Waals surface area contributed by atoms with E-state index in [1.165, 1.54) is 0 Å². The normalized spacial score (nSPS) is 18.7. The number of carboxylic acid groups (broad SMARTS) is 1. The molecule has 2 aromatic heterocycles. The molecule has 0 aliphatic heterocycles. The molecule has 8 heteroatoms. The van der Waals surface area contributed by atoms with Crippen molar-refractivity contribution >= 4 is 11.9 Å². The minimum atomic E-state index is -0.960. The number of amides is 1. The number of benzene rings is 1. The molecule has 1 amide bonds. The zero-order valence-electron chi connectivity index (χ0n) is 19.5. The second kappa shape index (κ2) is 9.75. The fraction of sp³-hybridized carbons (Fsp3) is 0.385. The second-order valence-electron chi connectivity index (χ2n) is 9.16. The molecule has 0 saturated heterocycles. The number of aryl methyl sites for hydroxylation is 1. The highest BCUT2D eigenvalue weighted by Gasteiger charge is 2.38. The van der Waals surface area contributed by atoms with Gasteiger partial charge < -0.3 is 10.4 Å². The molecule has 4 rings (SSSR count). The monoisotopic (exact) mass is 464 g/mol. The Morgan fingerprint density at radius 2 is 1.91 bits per heavy atom. The highest BCUT2D eigenvalue weighted by atomic mass is 19.1. The summed E-state index contributed by atoms with van der Waals surface area (Å²) >= 11 is 0. The number of hydrogen-bond acceptors (Lipinski definition) is 4. The molecule has 0 bridgehead atoms. The van der Waals surface area contributed by atoms with Crippen molar-refractivity contribution in [3.05, 3.63) is 71.4 Å². The lowest BCUT2D eigenvalue weighted by molar-refractivity contribution is -0.146. The molecule has 1 saturated carbocycles. The molecule has 3 atom stereocenters. The Labute approximate surface area is 198 Å². The van der Waals surface area contributed by atoms with Crippen molar-refractivity contribution < 1.29 is 19.1 Å². The van der Waals surface area contributed by atoms with Crippen LogP contribution in [0.4, 0.5) is 4.39 Å². The number of hydrogen-bond donors (Lipinski definition) is 2. The van der Waals surface area contributed by atoms with Gasteiger partial charge >= 0.3 is 5.97 Å². The molecule has 1 aliphatic rings. The van der Waals surface area contributed by atoms with E-state index in [1.807, 2.05) is 51.2 Å². The quantitative estimate of drug-likeness (QED) is 0.504. The number of carboxylic acids is 1. The van der Waals surface area contributed by atoms with Gasteiger partial charge in [0, 0.05) is 24.4 Å². The van der Waals surface area contributed by atoms with E-state index in [4.69, 9.17) is 0 Å². The molecule has 34 heavy (non-hydrogen) atoms. The first-order valence-electron chi connectivity index (χ1n) is 11.5. The summed E-state index contributed by atoms with van der Waals surface area (Å²) in [6.45, 7) is 3.78. The van der Waals surface area contributed by atoms with E-state index >= 15 is 0 Å². The third kappa shape index (κ3) is 4.71. The van der Waals surface area contributed by atoms with Crippen molar-refractivity contribution in [1.82, 2.24) is 20.1 Å². The largest absolute Gasteiger partial charge is 0.481 e. The first-order valence-corrected chi connectivity index (χ1v) is 11.5. The lowest BCUT2D eigenvalue weighted by Crippen LogP contribution is -2.38. The highest BCUT2D eigenvalue weighted by Crippen LogP contribution is 2.34. The van der Waals surface area contributed by atoms with E-state index in [9.17, 15) is 19.1 Å². The van der Waals surface area contributed by atoms with Gasteiger partial charge in [-0.15, -0.1) is 0 Å². The Morgan fingerprint density at radius 1 is 1.15 bits per heavy atom. The Balaban J connectivity index is 1.73. The predicted octanol–water partition coefficient (Wildman–Crippen LogP) is 4.45. The van der Waals surface area contributed by atoms with Crippen molar-refractivity contribution in [2.75, 3.05) is 0 Å². The van der Waals surface area contributed by atoms with E-state index in [-0.39, 0.29) is 11.8 Å². The molecule has 1 fully saturated rings. The molecule has 1 aliphatic carbocycles. The molecule has 0 spiro atoms. The van der Waals surface area contributed by atoms with Crippen molar-refractivity contribution in [2.24, 2.45) is 18.9 Å². The Bertz CT molecular complexity index is 1210. The van der Waals surface area contributed by atoms with Crippen LogP contribution in [-0.4, -0.2) is 31.7 Å². The van der Waals surface area contributed by atoms with Gasteiger partial charge in [0.2, 0.25) is 11.9 Å². The summed E-state index contributed by atoms with van der Waals surface area (Å²) in [6, 6.07) is 12.2. The highest BCUT2D eigenvalue weighted by molar-refractivity contribution is 5.85. The average Bonchev–Trinajstić information content (AvgIpc) is 3.46.